The van der Waals surface area contributed by atoms with E-state index in [1.807, 2.05) is 37.4 Å². The van der Waals surface area contributed by atoms with Crippen LogP contribution in [-0.4, -0.2) is 65.5 Å². The van der Waals surface area contributed by atoms with Gasteiger partial charge in [0.15, 0.2) is 0 Å². The van der Waals surface area contributed by atoms with Gasteiger partial charge in [0.25, 0.3) is 0 Å². The molecule has 3 rings (SSSR count). The van der Waals surface area contributed by atoms with Crippen molar-refractivity contribution in [2.75, 3.05) is 13.6 Å². The van der Waals surface area contributed by atoms with E-state index >= 15 is 0 Å². The third-order valence-corrected chi connectivity index (χ3v) is 6.62. The second-order valence-corrected chi connectivity index (χ2v) is 8.80. The summed E-state index contributed by atoms with van der Waals surface area (Å²) in [7, 11) is 2.00. The van der Waals surface area contributed by atoms with E-state index < -0.39 is 30.1 Å². The number of carboxylic acid groups (broad SMARTS) is 1. The zero-order valence-electron chi connectivity index (χ0n) is 19.5. The van der Waals surface area contributed by atoms with E-state index in [1.54, 1.807) is 4.90 Å². The first-order valence-corrected chi connectivity index (χ1v) is 11.0. The van der Waals surface area contributed by atoms with Gasteiger partial charge in [0, 0.05) is 36.6 Å². The van der Waals surface area contributed by atoms with E-state index in [2.05, 4.69) is 24.1 Å². The summed E-state index contributed by atoms with van der Waals surface area (Å²) in [6.07, 6.45) is 1.68. The van der Waals surface area contributed by atoms with Gasteiger partial charge in [-0.3, -0.25) is 4.79 Å². The number of alkyl carbamates (subject to hydrolysis) is 1. The van der Waals surface area contributed by atoms with Crippen LogP contribution in [0.5, 0.6) is 0 Å². The Balaban J connectivity index is 0.00000363. The van der Waals surface area contributed by atoms with Crippen molar-refractivity contribution in [1.29, 1.82) is 0 Å². The quantitative estimate of drug-likeness (QED) is 0.486. The molecule has 0 bridgehead atoms. The van der Waals surface area contributed by atoms with Gasteiger partial charge in [-0.15, -0.1) is 0 Å². The average Bonchev–Trinajstić information content (AvgIpc) is 3.11. The van der Waals surface area contributed by atoms with Gasteiger partial charge in [0.1, 0.15) is 12.6 Å². The van der Waals surface area contributed by atoms with Crippen LogP contribution in [0.25, 0.3) is 0 Å². The van der Waals surface area contributed by atoms with Gasteiger partial charge in [0.2, 0.25) is 5.91 Å². The fraction of sp³-hybridized carbons (Fsp3) is 0.609. The molecule has 0 spiro atoms. The second-order valence-electron chi connectivity index (χ2n) is 8.80. The first kappa shape index (κ1) is 26.6. The number of carbonyl (C=O) groups is 3. The molecule has 1 aromatic carbocycles. The maximum Gasteiger partial charge on any atom is 1.00 e. The molecule has 1 unspecified atom stereocenters. The number of nitrogens with one attached hydrogen (secondary N) is 1. The van der Waals surface area contributed by atoms with Crippen molar-refractivity contribution in [2.24, 2.45) is 5.92 Å². The van der Waals surface area contributed by atoms with Crippen molar-refractivity contribution >= 4 is 18.0 Å². The SMILES string of the molecule is CC(C)N(C)[C@@H]1CCC(N2CC[C@H](NC(=O)OCc3ccccc3)C2=O)[C@H](C(=O)[O-])C1.[Na+]. The second kappa shape index (κ2) is 12.0. The van der Waals surface area contributed by atoms with Gasteiger partial charge >= 0.3 is 35.7 Å². The predicted octanol–water partition coefficient (Wildman–Crippen LogP) is -1.85. The number of aliphatic carboxylic acids is 1. The molecule has 1 N–H and O–H groups in total. The summed E-state index contributed by atoms with van der Waals surface area (Å²) in [6, 6.07) is 8.66. The summed E-state index contributed by atoms with van der Waals surface area (Å²) < 4.78 is 5.21. The summed E-state index contributed by atoms with van der Waals surface area (Å²) in [4.78, 5) is 40.8. The molecule has 0 aromatic heterocycles. The van der Waals surface area contributed by atoms with Crippen LogP contribution in [0.3, 0.4) is 0 Å². The molecule has 0 radical (unpaired) electrons. The summed E-state index contributed by atoms with van der Waals surface area (Å²) in [5.74, 6) is -2.07. The molecular weight excluding hydrogens is 421 g/mol. The van der Waals surface area contributed by atoms with E-state index in [0.29, 0.717) is 31.8 Å². The largest absolute Gasteiger partial charge is 1.00 e. The van der Waals surface area contributed by atoms with Gasteiger partial charge in [-0.05, 0) is 52.1 Å². The number of likely N-dealkylation sites (tertiary alicyclic amines) is 1. The summed E-state index contributed by atoms with van der Waals surface area (Å²) >= 11 is 0. The van der Waals surface area contributed by atoms with Crippen LogP contribution in [0.4, 0.5) is 4.79 Å². The first-order chi connectivity index (χ1) is 14.8. The maximum atomic E-state index is 12.9. The smallest absolute Gasteiger partial charge is 0.550 e. The molecule has 2 amide bonds. The molecule has 1 aliphatic carbocycles. The minimum atomic E-state index is -1.11. The number of nitrogens with zero attached hydrogens (tertiary/aromatic N) is 2. The Labute approximate surface area is 211 Å². The minimum Gasteiger partial charge on any atom is -0.550 e. The molecule has 32 heavy (non-hydrogen) atoms. The zero-order chi connectivity index (χ0) is 22.5. The van der Waals surface area contributed by atoms with Gasteiger partial charge in [0.05, 0.1) is 0 Å². The van der Waals surface area contributed by atoms with Crippen molar-refractivity contribution in [3.05, 3.63) is 35.9 Å². The molecule has 1 aromatic rings. The Morgan fingerprint density at radius 2 is 1.91 bits per heavy atom. The van der Waals surface area contributed by atoms with Crippen LogP contribution in [0.2, 0.25) is 0 Å². The van der Waals surface area contributed by atoms with Crippen molar-refractivity contribution in [1.82, 2.24) is 15.1 Å². The Kier molecular flexibility index (Phi) is 10.0. The number of benzene rings is 1. The molecule has 170 valence electrons. The van der Waals surface area contributed by atoms with Crippen LogP contribution in [0.1, 0.15) is 45.1 Å². The van der Waals surface area contributed by atoms with Crippen molar-refractivity contribution in [2.45, 2.75) is 70.3 Å². The monoisotopic (exact) mass is 453 g/mol. The maximum absolute atomic E-state index is 12.9. The van der Waals surface area contributed by atoms with E-state index in [4.69, 9.17) is 4.74 Å². The number of ether oxygens (including phenoxy) is 1. The number of hydrogen-bond donors (Lipinski definition) is 1. The van der Waals surface area contributed by atoms with Crippen LogP contribution >= 0.6 is 0 Å². The Morgan fingerprint density at radius 1 is 1.22 bits per heavy atom. The van der Waals surface area contributed by atoms with Crippen LogP contribution < -0.4 is 40.0 Å². The summed E-state index contributed by atoms with van der Waals surface area (Å²) in [6.45, 7) is 4.70. The van der Waals surface area contributed by atoms with Crippen LogP contribution in [-0.2, 0) is 20.9 Å². The zero-order valence-corrected chi connectivity index (χ0v) is 21.5. The van der Waals surface area contributed by atoms with Gasteiger partial charge < -0.3 is 29.8 Å². The van der Waals surface area contributed by atoms with Crippen molar-refractivity contribution < 1.29 is 53.8 Å². The van der Waals surface area contributed by atoms with Crippen LogP contribution in [0, 0.1) is 5.92 Å². The molecule has 8 nitrogen and oxygen atoms in total. The van der Waals surface area contributed by atoms with E-state index in [0.717, 1.165) is 12.0 Å². The van der Waals surface area contributed by atoms with Gasteiger partial charge in [-0.2, -0.15) is 0 Å². The van der Waals surface area contributed by atoms with E-state index in [9.17, 15) is 19.5 Å². The first-order valence-electron chi connectivity index (χ1n) is 11.0. The Morgan fingerprint density at radius 3 is 2.53 bits per heavy atom. The van der Waals surface area contributed by atoms with E-state index in [1.165, 1.54) is 0 Å². The van der Waals surface area contributed by atoms with Crippen molar-refractivity contribution in [3.63, 3.8) is 0 Å². The number of rotatable bonds is 7. The Hall–Kier alpha value is -1.61. The number of amides is 2. The topological polar surface area (TPSA) is 102 Å². The minimum absolute atomic E-state index is 0. The molecule has 2 fully saturated rings. The molecular formula is C23H32N3NaO5. The Bertz CT molecular complexity index is 791. The molecule has 1 heterocycles. The molecule has 2 aliphatic rings. The number of hydrogen-bond acceptors (Lipinski definition) is 6. The van der Waals surface area contributed by atoms with Gasteiger partial charge in [-0.1, -0.05) is 30.3 Å². The van der Waals surface area contributed by atoms with Gasteiger partial charge in [-0.25, -0.2) is 4.79 Å². The molecule has 9 heteroatoms. The predicted molar refractivity (Wildman–Crippen MR) is 113 cm³/mol. The van der Waals surface area contributed by atoms with Crippen molar-refractivity contribution in [3.8, 4) is 0 Å². The normalized spacial score (nSPS) is 25.5. The average molecular weight is 454 g/mol. The molecule has 1 saturated heterocycles. The molecule has 1 aliphatic heterocycles. The summed E-state index contributed by atoms with van der Waals surface area (Å²) in [5.41, 5.74) is 0.858. The fourth-order valence-corrected chi connectivity index (χ4v) is 4.62. The number of carboxylic acids is 1. The third kappa shape index (κ3) is 6.47. The van der Waals surface area contributed by atoms with E-state index in [-0.39, 0.29) is 48.1 Å². The molecule has 4 atom stereocenters. The molecule has 1 saturated carbocycles. The van der Waals surface area contributed by atoms with Crippen LogP contribution in [0.15, 0.2) is 30.3 Å². The fourth-order valence-electron chi connectivity index (χ4n) is 4.62. The summed E-state index contributed by atoms with van der Waals surface area (Å²) in [5, 5.41) is 14.5. The number of carbonyl (C=O) groups excluding carboxylic acids is 3. The standard InChI is InChI=1S/C23H33N3O5.Na/c1-15(2)25(3)17-9-10-20(18(13-17)22(28)29)26-12-11-19(21(26)27)24-23(30)31-14-16-7-5-4-6-8-16;/h4-8,15,17-20H,9-14H2,1-3H3,(H,24,30)(H,28,29);/q;+1/p-1/t17-,18-,19+,20?;/m1./s1. The third-order valence-electron chi connectivity index (χ3n) is 6.62.